The SMILES string of the molecule is CN=C(NCCCC(=O)N1Cc2ccccc2C1)NC1CC(C)(OC)C1(C)C.I. The molecular weight excluding hydrogens is 479 g/mol. The number of fused-ring (bicyclic) bond motifs is 1. The number of rotatable bonds is 6. The number of guanidine groups is 1. The summed E-state index contributed by atoms with van der Waals surface area (Å²) in [5.74, 6) is 1.01. The summed E-state index contributed by atoms with van der Waals surface area (Å²) in [4.78, 5) is 18.8. The van der Waals surface area contributed by atoms with E-state index in [1.165, 1.54) is 11.1 Å². The van der Waals surface area contributed by atoms with Crippen LogP contribution in [0.4, 0.5) is 0 Å². The molecule has 29 heavy (non-hydrogen) atoms. The Kier molecular flexibility index (Phi) is 7.95. The van der Waals surface area contributed by atoms with Gasteiger partial charge >= 0.3 is 0 Å². The van der Waals surface area contributed by atoms with Crippen molar-refractivity contribution in [2.24, 2.45) is 10.4 Å². The monoisotopic (exact) mass is 514 g/mol. The van der Waals surface area contributed by atoms with Gasteiger partial charge in [-0.1, -0.05) is 38.1 Å². The lowest BCUT2D eigenvalue weighted by Crippen LogP contribution is -2.69. The molecule has 6 nitrogen and oxygen atoms in total. The molecule has 1 saturated carbocycles. The number of hydrogen-bond donors (Lipinski definition) is 2. The number of carbonyl (C=O) groups is 1. The van der Waals surface area contributed by atoms with Gasteiger partial charge in [-0.2, -0.15) is 0 Å². The highest BCUT2D eigenvalue weighted by atomic mass is 127. The number of amides is 1. The molecule has 2 N–H and O–H groups in total. The Hall–Kier alpha value is -1.35. The normalized spacial score (nSPS) is 24.9. The molecule has 2 aliphatic rings. The standard InChI is InChI=1S/C22H34N4O2.HI/c1-21(2)18(13-22(21,3)28-5)25-20(23-4)24-12-8-11-19(27)26-14-16-9-6-7-10-17(16)15-26;/h6-7,9-10,18H,8,11-15H2,1-5H3,(H2,23,24,25);1H. The summed E-state index contributed by atoms with van der Waals surface area (Å²) >= 11 is 0. The zero-order valence-electron chi connectivity index (χ0n) is 18.2. The average Bonchev–Trinajstić information content (AvgIpc) is 3.13. The van der Waals surface area contributed by atoms with Crippen molar-refractivity contribution in [1.82, 2.24) is 15.5 Å². The van der Waals surface area contributed by atoms with E-state index in [0.717, 1.165) is 38.4 Å². The van der Waals surface area contributed by atoms with E-state index < -0.39 is 0 Å². The van der Waals surface area contributed by atoms with Gasteiger partial charge in [0.25, 0.3) is 0 Å². The fourth-order valence-corrected chi connectivity index (χ4v) is 4.20. The number of aliphatic imine (C=N–C) groups is 1. The van der Waals surface area contributed by atoms with E-state index in [1.54, 1.807) is 14.2 Å². The van der Waals surface area contributed by atoms with Gasteiger partial charge in [0.1, 0.15) is 0 Å². The maximum atomic E-state index is 12.5. The molecule has 1 aliphatic heterocycles. The summed E-state index contributed by atoms with van der Waals surface area (Å²) in [7, 11) is 3.56. The fourth-order valence-electron chi connectivity index (χ4n) is 4.20. The lowest BCUT2D eigenvalue weighted by Gasteiger charge is -2.59. The lowest BCUT2D eigenvalue weighted by molar-refractivity contribution is -0.176. The number of hydrogen-bond acceptors (Lipinski definition) is 3. The van der Waals surface area contributed by atoms with Gasteiger partial charge in [-0.05, 0) is 30.9 Å². The van der Waals surface area contributed by atoms with E-state index in [1.807, 2.05) is 17.0 Å². The molecule has 0 bridgehead atoms. The Morgan fingerprint density at radius 2 is 1.86 bits per heavy atom. The number of carbonyl (C=O) groups excluding carboxylic acids is 1. The molecule has 1 heterocycles. The van der Waals surface area contributed by atoms with Crippen LogP contribution in [0.2, 0.25) is 0 Å². The maximum Gasteiger partial charge on any atom is 0.223 e. The Morgan fingerprint density at radius 3 is 2.38 bits per heavy atom. The average molecular weight is 514 g/mol. The van der Waals surface area contributed by atoms with E-state index >= 15 is 0 Å². The van der Waals surface area contributed by atoms with Crippen molar-refractivity contribution < 1.29 is 9.53 Å². The number of nitrogens with one attached hydrogen (secondary N) is 2. The molecule has 7 heteroatoms. The highest BCUT2D eigenvalue weighted by Gasteiger charge is 2.58. The first-order valence-corrected chi connectivity index (χ1v) is 10.2. The van der Waals surface area contributed by atoms with Crippen LogP contribution in [-0.4, -0.2) is 49.1 Å². The van der Waals surface area contributed by atoms with Crippen molar-refractivity contribution in [2.75, 3.05) is 20.7 Å². The molecular formula is C22H35IN4O2. The van der Waals surface area contributed by atoms with E-state index in [4.69, 9.17) is 4.74 Å². The van der Waals surface area contributed by atoms with Crippen LogP contribution in [-0.2, 0) is 22.6 Å². The number of methoxy groups -OCH3 is 1. The van der Waals surface area contributed by atoms with Crippen LogP contribution in [0.3, 0.4) is 0 Å². The predicted molar refractivity (Wildman–Crippen MR) is 127 cm³/mol. The second-order valence-corrected chi connectivity index (χ2v) is 8.68. The maximum absolute atomic E-state index is 12.5. The molecule has 3 rings (SSSR count). The van der Waals surface area contributed by atoms with Crippen molar-refractivity contribution in [3.05, 3.63) is 35.4 Å². The molecule has 0 radical (unpaired) electrons. The molecule has 1 aromatic carbocycles. The third kappa shape index (κ3) is 4.87. The third-order valence-corrected chi connectivity index (χ3v) is 6.87. The first-order valence-electron chi connectivity index (χ1n) is 10.2. The van der Waals surface area contributed by atoms with Crippen LogP contribution in [0.1, 0.15) is 51.2 Å². The Morgan fingerprint density at radius 1 is 1.24 bits per heavy atom. The summed E-state index contributed by atoms with van der Waals surface area (Å²) in [5, 5.41) is 6.84. The Bertz CT molecular complexity index is 727. The summed E-state index contributed by atoms with van der Waals surface area (Å²) in [6, 6.07) is 8.60. The molecule has 1 amide bonds. The summed E-state index contributed by atoms with van der Waals surface area (Å²) in [6.07, 6.45) is 2.29. The topological polar surface area (TPSA) is 66.0 Å². The highest BCUT2D eigenvalue weighted by molar-refractivity contribution is 14.0. The zero-order valence-corrected chi connectivity index (χ0v) is 20.6. The van der Waals surface area contributed by atoms with Crippen LogP contribution >= 0.6 is 24.0 Å². The van der Waals surface area contributed by atoms with Gasteiger partial charge in [0.2, 0.25) is 5.91 Å². The van der Waals surface area contributed by atoms with E-state index in [9.17, 15) is 4.79 Å². The van der Waals surface area contributed by atoms with Crippen molar-refractivity contribution in [3.63, 3.8) is 0 Å². The van der Waals surface area contributed by atoms with Gasteiger partial charge in [-0.25, -0.2) is 0 Å². The zero-order chi connectivity index (χ0) is 20.4. The minimum absolute atomic E-state index is 0. The van der Waals surface area contributed by atoms with Gasteiger partial charge in [0.15, 0.2) is 5.96 Å². The molecule has 2 unspecified atom stereocenters. The van der Waals surface area contributed by atoms with Gasteiger partial charge < -0.3 is 20.3 Å². The summed E-state index contributed by atoms with van der Waals surface area (Å²) in [6.45, 7) is 8.79. The minimum Gasteiger partial charge on any atom is -0.378 e. The van der Waals surface area contributed by atoms with Crippen LogP contribution in [0.25, 0.3) is 0 Å². The van der Waals surface area contributed by atoms with Gasteiger partial charge in [-0.15, -0.1) is 24.0 Å². The van der Waals surface area contributed by atoms with E-state index in [0.29, 0.717) is 12.5 Å². The molecule has 1 aromatic rings. The minimum atomic E-state index is -0.108. The lowest BCUT2D eigenvalue weighted by atomic mass is 9.56. The van der Waals surface area contributed by atoms with Crippen molar-refractivity contribution in [2.45, 2.75) is 64.8 Å². The molecule has 0 aromatic heterocycles. The number of nitrogens with zero attached hydrogens (tertiary/aromatic N) is 2. The quantitative estimate of drug-likeness (QED) is 0.265. The van der Waals surface area contributed by atoms with Crippen molar-refractivity contribution in [3.8, 4) is 0 Å². The molecule has 2 atom stereocenters. The Labute approximate surface area is 191 Å². The molecule has 1 aliphatic carbocycles. The summed E-state index contributed by atoms with van der Waals surface area (Å²) in [5.41, 5.74) is 2.46. The second kappa shape index (κ2) is 9.64. The molecule has 0 spiro atoms. The number of ether oxygens (including phenoxy) is 1. The number of halogens is 1. The fraction of sp³-hybridized carbons (Fsp3) is 0.636. The highest BCUT2D eigenvalue weighted by Crippen LogP contribution is 2.51. The molecule has 0 saturated heterocycles. The van der Waals surface area contributed by atoms with Crippen molar-refractivity contribution in [1.29, 1.82) is 0 Å². The van der Waals surface area contributed by atoms with Crippen molar-refractivity contribution >= 4 is 35.8 Å². The van der Waals surface area contributed by atoms with Gasteiger partial charge in [0.05, 0.1) is 5.60 Å². The summed E-state index contributed by atoms with van der Waals surface area (Å²) < 4.78 is 5.69. The molecule has 1 fully saturated rings. The van der Waals surface area contributed by atoms with Crippen LogP contribution < -0.4 is 10.6 Å². The largest absolute Gasteiger partial charge is 0.378 e. The van der Waals surface area contributed by atoms with Gasteiger partial charge in [-0.3, -0.25) is 9.79 Å². The first-order chi connectivity index (χ1) is 13.3. The van der Waals surface area contributed by atoms with Crippen LogP contribution in [0.5, 0.6) is 0 Å². The van der Waals surface area contributed by atoms with Gasteiger partial charge in [0, 0.05) is 51.7 Å². The number of benzene rings is 1. The van der Waals surface area contributed by atoms with E-state index in [2.05, 4.69) is 48.5 Å². The van der Waals surface area contributed by atoms with E-state index in [-0.39, 0.29) is 40.9 Å². The second-order valence-electron chi connectivity index (χ2n) is 8.68. The molecule has 162 valence electrons. The smallest absolute Gasteiger partial charge is 0.223 e. The Balaban J connectivity index is 0.00000300. The predicted octanol–water partition coefficient (Wildman–Crippen LogP) is 3.30. The first kappa shape index (κ1) is 23.9. The third-order valence-electron chi connectivity index (χ3n) is 6.87. The van der Waals surface area contributed by atoms with Crippen LogP contribution in [0.15, 0.2) is 29.3 Å². The van der Waals surface area contributed by atoms with Crippen LogP contribution in [0, 0.1) is 5.41 Å².